The summed E-state index contributed by atoms with van der Waals surface area (Å²) in [6.45, 7) is 2.45. The van der Waals surface area contributed by atoms with Gasteiger partial charge in [0.25, 0.3) is 0 Å². The van der Waals surface area contributed by atoms with Gasteiger partial charge in [0.2, 0.25) is 5.91 Å². The van der Waals surface area contributed by atoms with Gasteiger partial charge in [-0.3, -0.25) is 9.69 Å². The lowest BCUT2D eigenvalue weighted by atomic mass is 10.3. The molecule has 1 rings (SSSR count). The van der Waals surface area contributed by atoms with Crippen LogP contribution in [0, 0.1) is 0 Å². The van der Waals surface area contributed by atoms with Gasteiger partial charge < -0.3 is 11.1 Å². The number of carbonyl (C=O) groups excluding carboxylic acids is 1. The number of carbonyl (C=O) groups is 1. The molecule has 0 spiro atoms. The van der Waals surface area contributed by atoms with Crippen LogP contribution in [-0.4, -0.2) is 43.5 Å². The zero-order valence-electron chi connectivity index (χ0n) is 8.25. The van der Waals surface area contributed by atoms with Gasteiger partial charge >= 0.3 is 0 Å². The fourth-order valence-corrected chi connectivity index (χ4v) is 1.45. The Morgan fingerprint density at radius 3 is 2.69 bits per heavy atom. The van der Waals surface area contributed by atoms with Crippen molar-refractivity contribution >= 4 is 5.91 Å². The second-order valence-corrected chi connectivity index (χ2v) is 3.48. The fraction of sp³-hybridized carbons (Fsp3) is 0.889. The van der Waals surface area contributed by atoms with E-state index in [4.69, 9.17) is 5.73 Å². The first-order valence-electron chi connectivity index (χ1n) is 4.92. The van der Waals surface area contributed by atoms with Crippen LogP contribution in [-0.2, 0) is 4.79 Å². The number of nitrogens with one attached hydrogen (secondary N) is 1. The summed E-state index contributed by atoms with van der Waals surface area (Å²) >= 11 is 0. The number of nitrogens with zero attached hydrogens (tertiary/aromatic N) is 1. The Bertz CT molecular complexity index is 168. The van der Waals surface area contributed by atoms with Gasteiger partial charge in [-0.05, 0) is 12.8 Å². The topological polar surface area (TPSA) is 58.4 Å². The smallest absolute Gasteiger partial charge is 0.221 e. The van der Waals surface area contributed by atoms with E-state index < -0.39 is 0 Å². The molecule has 3 N–H and O–H groups in total. The average Bonchev–Trinajstić information content (AvgIpc) is 2.94. The third kappa shape index (κ3) is 3.74. The molecule has 13 heavy (non-hydrogen) atoms. The van der Waals surface area contributed by atoms with Crippen molar-refractivity contribution in [2.24, 2.45) is 5.73 Å². The van der Waals surface area contributed by atoms with Crippen LogP contribution in [0.15, 0.2) is 0 Å². The van der Waals surface area contributed by atoms with E-state index >= 15 is 0 Å². The maximum atomic E-state index is 11.0. The van der Waals surface area contributed by atoms with Gasteiger partial charge in [0.15, 0.2) is 0 Å². The lowest BCUT2D eigenvalue weighted by molar-refractivity contribution is -0.120. The Morgan fingerprint density at radius 2 is 2.23 bits per heavy atom. The normalized spacial score (nSPS) is 16.2. The number of nitrogens with two attached hydrogens (primary N) is 1. The first-order chi connectivity index (χ1) is 6.27. The third-order valence-electron chi connectivity index (χ3n) is 2.38. The Morgan fingerprint density at radius 1 is 1.54 bits per heavy atom. The van der Waals surface area contributed by atoms with E-state index in [1.807, 2.05) is 0 Å². The molecular formula is C9H19N3O. The van der Waals surface area contributed by atoms with E-state index in [1.165, 1.54) is 12.8 Å². The first kappa shape index (κ1) is 10.5. The van der Waals surface area contributed by atoms with Crippen molar-refractivity contribution in [2.75, 3.05) is 26.7 Å². The highest BCUT2D eigenvalue weighted by Gasteiger charge is 2.28. The highest BCUT2D eigenvalue weighted by Crippen LogP contribution is 2.26. The molecule has 0 radical (unpaired) electrons. The van der Waals surface area contributed by atoms with Crippen LogP contribution >= 0.6 is 0 Å². The Balaban J connectivity index is 2.17. The summed E-state index contributed by atoms with van der Waals surface area (Å²) in [5.74, 6) is 0.114. The SMILES string of the molecule is CNC(=O)CCN(CCN)C1CC1. The second kappa shape index (κ2) is 5.19. The van der Waals surface area contributed by atoms with E-state index in [0.717, 1.165) is 13.1 Å². The minimum atomic E-state index is 0.114. The molecule has 0 aromatic carbocycles. The summed E-state index contributed by atoms with van der Waals surface area (Å²) in [7, 11) is 1.67. The molecule has 4 nitrogen and oxygen atoms in total. The zero-order valence-corrected chi connectivity index (χ0v) is 8.25. The quantitative estimate of drug-likeness (QED) is 0.589. The van der Waals surface area contributed by atoms with E-state index in [0.29, 0.717) is 19.0 Å². The Kier molecular flexibility index (Phi) is 4.18. The molecule has 1 aliphatic carbocycles. The van der Waals surface area contributed by atoms with Crippen molar-refractivity contribution in [3.05, 3.63) is 0 Å². The van der Waals surface area contributed by atoms with Gasteiger partial charge in [-0.2, -0.15) is 0 Å². The van der Waals surface area contributed by atoms with E-state index in [2.05, 4.69) is 10.2 Å². The number of hydrogen-bond acceptors (Lipinski definition) is 3. The lowest BCUT2D eigenvalue weighted by Crippen LogP contribution is -2.34. The highest BCUT2D eigenvalue weighted by molar-refractivity contribution is 5.75. The molecule has 0 aromatic rings. The summed E-state index contributed by atoms with van der Waals surface area (Å²) in [5.41, 5.74) is 5.49. The van der Waals surface area contributed by atoms with E-state index in [1.54, 1.807) is 7.05 Å². The number of rotatable bonds is 6. The molecule has 4 heteroatoms. The molecule has 0 unspecified atom stereocenters. The van der Waals surface area contributed by atoms with Gasteiger partial charge in [0.05, 0.1) is 0 Å². The Labute approximate surface area is 79.5 Å². The minimum absolute atomic E-state index is 0.114. The average molecular weight is 185 g/mol. The van der Waals surface area contributed by atoms with Crippen LogP contribution in [0.2, 0.25) is 0 Å². The van der Waals surface area contributed by atoms with Crippen LogP contribution in [0.4, 0.5) is 0 Å². The van der Waals surface area contributed by atoms with Crippen LogP contribution in [0.5, 0.6) is 0 Å². The third-order valence-corrected chi connectivity index (χ3v) is 2.38. The molecule has 1 amide bonds. The number of hydrogen-bond donors (Lipinski definition) is 2. The standard InChI is InChI=1S/C9H19N3O/c1-11-9(13)4-6-12(7-5-10)8-2-3-8/h8H,2-7,10H2,1H3,(H,11,13). The molecule has 0 atom stereocenters. The molecule has 0 aliphatic heterocycles. The summed E-state index contributed by atoms with van der Waals surface area (Å²) in [4.78, 5) is 13.3. The second-order valence-electron chi connectivity index (χ2n) is 3.48. The predicted molar refractivity (Wildman–Crippen MR) is 52.3 cm³/mol. The van der Waals surface area contributed by atoms with Crippen LogP contribution in [0.3, 0.4) is 0 Å². The Hall–Kier alpha value is -0.610. The van der Waals surface area contributed by atoms with Gasteiger partial charge in [-0.25, -0.2) is 0 Å². The minimum Gasteiger partial charge on any atom is -0.359 e. The molecule has 1 saturated carbocycles. The van der Waals surface area contributed by atoms with Crippen molar-refractivity contribution in [2.45, 2.75) is 25.3 Å². The van der Waals surface area contributed by atoms with Crippen molar-refractivity contribution in [3.63, 3.8) is 0 Å². The molecule has 0 saturated heterocycles. The van der Waals surface area contributed by atoms with Crippen LogP contribution in [0.1, 0.15) is 19.3 Å². The van der Waals surface area contributed by atoms with Crippen molar-refractivity contribution in [1.29, 1.82) is 0 Å². The maximum Gasteiger partial charge on any atom is 0.221 e. The first-order valence-corrected chi connectivity index (χ1v) is 4.92. The summed E-state index contributed by atoms with van der Waals surface area (Å²) in [6.07, 6.45) is 3.13. The molecule has 0 aromatic heterocycles. The van der Waals surface area contributed by atoms with Gasteiger partial charge in [-0.1, -0.05) is 0 Å². The van der Waals surface area contributed by atoms with Crippen molar-refractivity contribution in [1.82, 2.24) is 10.2 Å². The lowest BCUT2D eigenvalue weighted by Gasteiger charge is -2.20. The largest absolute Gasteiger partial charge is 0.359 e. The van der Waals surface area contributed by atoms with Gasteiger partial charge in [0.1, 0.15) is 0 Å². The van der Waals surface area contributed by atoms with Gasteiger partial charge in [-0.15, -0.1) is 0 Å². The monoisotopic (exact) mass is 185 g/mol. The fourth-order valence-electron chi connectivity index (χ4n) is 1.45. The predicted octanol–water partition coefficient (Wildman–Crippen LogP) is -0.454. The maximum absolute atomic E-state index is 11.0. The zero-order chi connectivity index (χ0) is 9.68. The molecule has 1 fully saturated rings. The number of amides is 1. The highest BCUT2D eigenvalue weighted by atomic mass is 16.1. The summed E-state index contributed by atoms with van der Waals surface area (Å²) in [5, 5.41) is 2.62. The van der Waals surface area contributed by atoms with Gasteiger partial charge in [0, 0.05) is 39.1 Å². The van der Waals surface area contributed by atoms with E-state index in [-0.39, 0.29) is 5.91 Å². The summed E-state index contributed by atoms with van der Waals surface area (Å²) < 4.78 is 0. The molecular weight excluding hydrogens is 166 g/mol. The molecule has 76 valence electrons. The van der Waals surface area contributed by atoms with E-state index in [9.17, 15) is 4.79 Å². The van der Waals surface area contributed by atoms with Crippen molar-refractivity contribution in [3.8, 4) is 0 Å². The summed E-state index contributed by atoms with van der Waals surface area (Å²) in [6, 6.07) is 0.702. The molecule has 1 aliphatic rings. The van der Waals surface area contributed by atoms with Crippen molar-refractivity contribution < 1.29 is 4.79 Å². The van der Waals surface area contributed by atoms with Crippen LogP contribution < -0.4 is 11.1 Å². The molecule has 0 heterocycles. The molecule has 0 bridgehead atoms. The van der Waals surface area contributed by atoms with Crippen LogP contribution in [0.25, 0.3) is 0 Å².